The molecule has 0 aliphatic rings. The van der Waals surface area contributed by atoms with Gasteiger partial charge in [0.25, 0.3) is 0 Å². The molecule has 0 aliphatic carbocycles. The average Bonchev–Trinajstić information content (AvgIpc) is 3.00. The number of aryl methyl sites for hydroxylation is 2. The van der Waals surface area contributed by atoms with Gasteiger partial charge in [-0.1, -0.05) is 26.0 Å². The Morgan fingerprint density at radius 3 is 2.71 bits per heavy atom. The molecular formula is C19H22N4O. The maximum atomic E-state index is 12.1. The van der Waals surface area contributed by atoms with Crippen LogP contribution < -0.4 is 4.90 Å². The second kappa shape index (κ2) is 6.43. The molecule has 1 aromatic carbocycles. The lowest BCUT2D eigenvalue weighted by Crippen LogP contribution is -2.14. The van der Waals surface area contributed by atoms with Gasteiger partial charge in [-0.2, -0.15) is 0 Å². The number of imidazole rings is 1. The molecule has 0 radical (unpaired) electrons. The first-order chi connectivity index (χ1) is 11.5. The zero-order chi connectivity index (χ0) is 17.3. The molecule has 5 heteroatoms. The molecule has 0 fully saturated rings. The number of carbonyl (C=O) groups excluding carboxylic acids is 1. The predicted octanol–water partition coefficient (Wildman–Crippen LogP) is 3.89. The Kier molecular flexibility index (Phi) is 4.34. The maximum Gasteiger partial charge on any atom is 0.162 e. The summed E-state index contributed by atoms with van der Waals surface area (Å²) >= 11 is 0. The molecular weight excluding hydrogens is 300 g/mol. The number of carbonyl (C=O) groups is 1. The summed E-state index contributed by atoms with van der Waals surface area (Å²) in [4.78, 5) is 22.9. The van der Waals surface area contributed by atoms with E-state index in [0.717, 1.165) is 34.5 Å². The van der Waals surface area contributed by atoms with Crippen LogP contribution >= 0.6 is 0 Å². The number of benzene rings is 1. The topological polar surface area (TPSA) is 51.0 Å². The molecule has 0 saturated heterocycles. The molecule has 0 spiro atoms. The largest absolute Gasteiger partial charge is 0.334 e. The molecule has 2 heterocycles. The lowest BCUT2D eigenvalue weighted by Gasteiger charge is -2.22. The lowest BCUT2D eigenvalue weighted by atomic mass is 10.0. The minimum absolute atomic E-state index is 0.155. The first kappa shape index (κ1) is 16.2. The number of hydrogen-bond acceptors (Lipinski definition) is 4. The Labute approximate surface area is 142 Å². The van der Waals surface area contributed by atoms with Gasteiger partial charge >= 0.3 is 0 Å². The van der Waals surface area contributed by atoms with Crippen molar-refractivity contribution in [2.24, 2.45) is 7.05 Å². The summed E-state index contributed by atoms with van der Waals surface area (Å²) in [6, 6.07) is 7.95. The van der Waals surface area contributed by atoms with Crippen molar-refractivity contribution in [3.05, 3.63) is 47.9 Å². The Morgan fingerprint density at radius 2 is 2.00 bits per heavy atom. The van der Waals surface area contributed by atoms with E-state index in [1.165, 1.54) is 5.56 Å². The highest BCUT2D eigenvalue weighted by atomic mass is 16.1. The monoisotopic (exact) mass is 322 g/mol. The number of Topliss-reactive ketones (excluding diaryl/α,β-unsaturated/α-hetero) is 1. The number of nitrogens with zero attached hydrogens (tertiary/aromatic N) is 4. The molecule has 3 aromatic rings. The second-order valence-electron chi connectivity index (χ2n) is 5.92. The number of anilines is 2. The highest BCUT2D eigenvalue weighted by Gasteiger charge is 2.14. The van der Waals surface area contributed by atoms with Crippen molar-refractivity contribution in [3.63, 3.8) is 0 Å². The van der Waals surface area contributed by atoms with Crippen LogP contribution in [0.15, 0.2) is 36.8 Å². The van der Waals surface area contributed by atoms with Crippen molar-refractivity contribution in [2.45, 2.75) is 26.7 Å². The number of aromatic nitrogens is 3. The van der Waals surface area contributed by atoms with Crippen molar-refractivity contribution in [1.82, 2.24) is 14.5 Å². The third-order valence-electron chi connectivity index (χ3n) is 4.41. The molecule has 0 atom stereocenters. The van der Waals surface area contributed by atoms with E-state index in [4.69, 9.17) is 0 Å². The zero-order valence-electron chi connectivity index (χ0n) is 14.6. The van der Waals surface area contributed by atoms with Crippen LogP contribution in [0.3, 0.4) is 0 Å². The molecule has 0 bridgehead atoms. The Hall–Kier alpha value is -2.69. The normalized spacial score (nSPS) is 11.0. The molecule has 0 amide bonds. The van der Waals surface area contributed by atoms with E-state index in [-0.39, 0.29) is 5.78 Å². The van der Waals surface area contributed by atoms with Gasteiger partial charge in [0.2, 0.25) is 0 Å². The highest BCUT2D eigenvalue weighted by molar-refractivity contribution is 5.97. The predicted molar refractivity (Wildman–Crippen MR) is 97.0 cm³/mol. The standard InChI is InChI=1S/C19H22N4O/c1-5-13-7-8-14(18(24)6-2)9-16(13)23(4)19-10-17-15(11-20-19)21-12-22(17)3/h7-12H,5-6H2,1-4H3. The fourth-order valence-corrected chi connectivity index (χ4v) is 2.88. The van der Waals surface area contributed by atoms with Gasteiger partial charge in [0.1, 0.15) is 11.3 Å². The smallest absolute Gasteiger partial charge is 0.162 e. The van der Waals surface area contributed by atoms with Crippen LogP contribution in [0.5, 0.6) is 0 Å². The average molecular weight is 322 g/mol. The van der Waals surface area contributed by atoms with Crippen LogP contribution in [0.1, 0.15) is 36.2 Å². The summed E-state index contributed by atoms with van der Waals surface area (Å²) in [5.74, 6) is 0.990. The number of ketones is 1. The van der Waals surface area contributed by atoms with Crippen molar-refractivity contribution >= 4 is 28.3 Å². The van der Waals surface area contributed by atoms with E-state index in [0.29, 0.717) is 6.42 Å². The van der Waals surface area contributed by atoms with Gasteiger partial charge < -0.3 is 9.47 Å². The van der Waals surface area contributed by atoms with Crippen molar-refractivity contribution < 1.29 is 4.79 Å². The first-order valence-corrected chi connectivity index (χ1v) is 8.22. The van der Waals surface area contributed by atoms with Gasteiger partial charge in [0, 0.05) is 37.8 Å². The summed E-state index contributed by atoms with van der Waals surface area (Å²) in [5, 5.41) is 0. The quantitative estimate of drug-likeness (QED) is 0.669. The second-order valence-corrected chi connectivity index (χ2v) is 5.92. The summed E-state index contributed by atoms with van der Waals surface area (Å²) < 4.78 is 1.98. The minimum atomic E-state index is 0.155. The zero-order valence-corrected chi connectivity index (χ0v) is 14.6. The van der Waals surface area contributed by atoms with E-state index in [1.54, 1.807) is 12.5 Å². The molecule has 0 N–H and O–H groups in total. The lowest BCUT2D eigenvalue weighted by molar-refractivity contribution is 0.0988. The first-order valence-electron chi connectivity index (χ1n) is 8.22. The summed E-state index contributed by atoms with van der Waals surface area (Å²) in [6.07, 6.45) is 4.98. The number of hydrogen-bond donors (Lipinski definition) is 0. The van der Waals surface area contributed by atoms with E-state index in [2.05, 4.69) is 16.9 Å². The molecule has 124 valence electrons. The van der Waals surface area contributed by atoms with Crippen LogP contribution in [0, 0.1) is 0 Å². The fraction of sp³-hybridized carbons (Fsp3) is 0.316. The van der Waals surface area contributed by atoms with Crippen LogP contribution in [0.25, 0.3) is 11.0 Å². The van der Waals surface area contributed by atoms with Crippen LogP contribution in [-0.4, -0.2) is 27.4 Å². The van der Waals surface area contributed by atoms with E-state index < -0.39 is 0 Å². The van der Waals surface area contributed by atoms with Crippen LogP contribution in [0.4, 0.5) is 11.5 Å². The van der Waals surface area contributed by atoms with Crippen molar-refractivity contribution in [2.75, 3.05) is 11.9 Å². The Balaban J connectivity index is 2.07. The van der Waals surface area contributed by atoms with Gasteiger partial charge in [-0.3, -0.25) is 4.79 Å². The third kappa shape index (κ3) is 2.77. The van der Waals surface area contributed by atoms with Gasteiger partial charge in [0.15, 0.2) is 5.78 Å². The summed E-state index contributed by atoms with van der Waals surface area (Å²) in [5.41, 5.74) is 4.87. The number of rotatable bonds is 5. The van der Waals surface area contributed by atoms with E-state index in [9.17, 15) is 4.79 Å². The molecule has 2 aromatic heterocycles. The maximum absolute atomic E-state index is 12.1. The Bertz CT molecular complexity index is 898. The van der Waals surface area contributed by atoms with Gasteiger partial charge in [-0.05, 0) is 18.1 Å². The number of fused-ring (bicyclic) bond motifs is 1. The van der Waals surface area contributed by atoms with Crippen molar-refractivity contribution in [3.8, 4) is 0 Å². The molecule has 24 heavy (non-hydrogen) atoms. The molecule has 0 unspecified atom stereocenters. The van der Waals surface area contributed by atoms with Gasteiger partial charge in [-0.15, -0.1) is 0 Å². The van der Waals surface area contributed by atoms with Crippen LogP contribution in [-0.2, 0) is 13.5 Å². The molecule has 0 saturated carbocycles. The fourth-order valence-electron chi connectivity index (χ4n) is 2.88. The van der Waals surface area contributed by atoms with Crippen molar-refractivity contribution in [1.29, 1.82) is 0 Å². The summed E-state index contributed by atoms with van der Waals surface area (Å²) in [7, 11) is 3.95. The van der Waals surface area contributed by atoms with Gasteiger partial charge in [0.05, 0.1) is 18.0 Å². The van der Waals surface area contributed by atoms with E-state index in [1.807, 2.05) is 54.8 Å². The number of pyridine rings is 1. The Morgan fingerprint density at radius 1 is 1.21 bits per heavy atom. The highest BCUT2D eigenvalue weighted by Crippen LogP contribution is 2.29. The molecule has 3 rings (SSSR count). The molecule has 0 aliphatic heterocycles. The van der Waals surface area contributed by atoms with Gasteiger partial charge in [-0.25, -0.2) is 9.97 Å². The van der Waals surface area contributed by atoms with Crippen LogP contribution in [0.2, 0.25) is 0 Å². The SMILES string of the molecule is CCC(=O)c1ccc(CC)c(N(C)c2cc3c(cn2)ncn3C)c1. The molecule has 5 nitrogen and oxygen atoms in total. The third-order valence-corrected chi connectivity index (χ3v) is 4.41. The summed E-state index contributed by atoms with van der Waals surface area (Å²) in [6.45, 7) is 4.00. The van der Waals surface area contributed by atoms with E-state index >= 15 is 0 Å². The minimum Gasteiger partial charge on any atom is -0.334 e.